The fourth-order valence-electron chi connectivity index (χ4n) is 2.02. The van der Waals surface area contributed by atoms with Gasteiger partial charge in [-0.25, -0.2) is 0 Å². The summed E-state index contributed by atoms with van der Waals surface area (Å²) in [5, 5.41) is 0. The van der Waals surface area contributed by atoms with Gasteiger partial charge in [-0.2, -0.15) is 0 Å². The standard InChI is InChI=1S/C19H25BrN2/c1-5-6-7-8-14(2)19(22-12-11-16(4)21)18-10-9-17(20)13-15(18)3/h6-11,13H,5,12,21H2,1-4H3/b7-6-,14-8+,16-11+,22-19?. The minimum absolute atomic E-state index is 0.593. The molecule has 1 rings (SSSR count). The molecular formula is C19H25BrN2. The van der Waals surface area contributed by atoms with E-state index in [1.807, 2.05) is 13.0 Å². The number of allylic oxidation sites excluding steroid dienone is 5. The highest BCUT2D eigenvalue weighted by molar-refractivity contribution is 9.10. The molecule has 0 unspecified atom stereocenters. The Kier molecular flexibility index (Phi) is 7.89. The molecule has 0 bridgehead atoms. The predicted molar refractivity (Wildman–Crippen MR) is 101 cm³/mol. The average molecular weight is 361 g/mol. The number of aliphatic imine (C=N–C) groups is 1. The number of halogens is 1. The molecule has 3 heteroatoms. The maximum Gasteiger partial charge on any atom is 0.0682 e. The third-order valence-corrected chi connectivity index (χ3v) is 3.69. The lowest BCUT2D eigenvalue weighted by Crippen LogP contribution is -2.06. The van der Waals surface area contributed by atoms with Gasteiger partial charge in [0.05, 0.1) is 12.3 Å². The molecule has 0 aromatic heterocycles. The highest BCUT2D eigenvalue weighted by Gasteiger charge is 2.08. The van der Waals surface area contributed by atoms with E-state index < -0.39 is 0 Å². The van der Waals surface area contributed by atoms with Gasteiger partial charge in [0.1, 0.15) is 0 Å². The second-order valence-electron chi connectivity index (χ2n) is 5.28. The zero-order chi connectivity index (χ0) is 16.5. The van der Waals surface area contributed by atoms with Crippen LogP contribution >= 0.6 is 15.9 Å². The third-order valence-electron chi connectivity index (χ3n) is 3.20. The highest BCUT2D eigenvalue weighted by atomic mass is 79.9. The topological polar surface area (TPSA) is 38.4 Å². The van der Waals surface area contributed by atoms with E-state index in [0.717, 1.165) is 33.4 Å². The third kappa shape index (κ3) is 6.02. The highest BCUT2D eigenvalue weighted by Crippen LogP contribution is 2.19. The van der Waals surface area contributed by atoms with Crippen LogP contribution in [0.2, 0.25) is 0 Å². The van der Waals surface area contributed by atoms with E-state index in [-0.39, 0.29) is 0 Å². The van der Waals surface area contributed by atoms with Crippen LogP contribution in [-0.4, -0.2) is 12.3 Å². The Bertz CT molecular complexity index is 618. The molecule has 118 valence electrons. The summed E-state index contributed by atoms with van der Waals surface area (Å²) in [5.74, 6) is 0. The Morgan fingerprint density at radius 1 is 1.32 bits per heavy atom. The Balaban J connectivity index is 3.24. The number of aryl methyl sites for hydroxylation is 1. The monoisotopic (exact) mass is 360 g/mol. The van der Waals surface area contributed by atoms with Gasteiger partial charge in [-0.3, -0.25) is 4.99 Å². The van der Waals surface area contributed by atoms with Crippen molar-refractivity contribution in [2.45, 2.75) is 34.1 Å². The predicted octanol–water partition coefficient (Wildman–Crippen LogP) is 5.32. The van der Waals surface area contributed by atoms with E-state index in [4.69, 9.17) is 10.7 Å². The maximum atomic E-state index is 5.70. The molecule has 0 aliphatic heterocycles. The van der Waals surface area contributed by atoms with Crippen LogP contribution in [0.1, 0.15) is 38.3 Å². The molecule has 0 amide bonds. The molecule has 2 N–H and O–H groups in total. The molecule has 2 nitrogen and oxygen atoms in total. The number of nitrogens with two attached hydrogens (primary N) is 1. The lowest BCUT2D eigenvalue weighted by atomic mass is 9.98. The van der Waals surface area contributed by atoms with Gasteiger partial charge < -0.3 is 5.73 Å². The zero-order valence-corrected chi connectivity index (χ0v) is 15.4. The van der Waals surface area contributed by atoms with Gasteiger partial charge in [-0.15, -0.1) is 0 Å². The van der Waals surface area contributed by atoms with Crippen LogP contribution < -0.4 is 5.73 Å². The van der Waals surface area contributed by atoms with Crippen molar-refractivity contribution in [3.05, 3.63) is 69.4 Å². The first-order valence-electron chi connectivity index (χ1n) is 7.52. The van der Waals surface area contributed by atoms with Gasteiger partial charge in [0, 0.05) is 15.7 Å². The van der Waals surface area contributed by atoms with Crippen LogP contribution in [0, 0.1) is 6.92 Å². The largest absolute Gasteiger partial charge is 0.402 e. The van der Waals surface area contributed by atoms with Gasteiger partial charge >= 0.3 is 0 Å². The summed E-state index contributed by atoms with van der Waals surface area (Å²) in [6, 6.07) is 6.28. The Morgan fingerprint density at radius 3 is 2.64 bits per heavy atom. The van der Waals surface area contributed by atoms with Crippen molar-refractivity contribution < 1.29 is 0 Å². The molecule has 0 fully saturated rings. The van der Waals surface area contributed by atoms with Crippen molar-refractivity contribution in [2.24, 2.45) is 10.7 Å². The molecule has 1 aromatic rings. The molecule has 22 heavy (non-hydrogen) atoms. The van der Waals surface area contributed by atoms with Gasteiger partial charge in [0.2, 0.25) is 0 Å². The Labute approximate surface area is 142 Å². The Morgan fingerprint density at radius 2 is 2.05 bits per heavy atom. The molecule has 0 saturated heterocycles. The summed E-state index contributed by atoms with van der Waals surface area (Å²) >= 11 is 3.51. The van der Waals surface area contributed by atoms with Gasteiger partial charge in [-0.1, -0.05) is 47.1 Å². The lowest BCUT2D eigenvalue weighted by molar-refractivity contribution is 1.17. The number of hydrogen-bond donors (Lipinski definition) is 1. The van der Waals surface area contributed by atoms with Crippen molar-refractivity contribution in [1.29, 1.82) is 0 Å². The van der Waals surface area contributed by atoms with E-state index in [2.05, 4.69) is 73.1 Å². The van der Waals surface area contributed by atoms with E-state index in [0.29, 0.717) is 6.54 Å². The number of hydrogen-bond acceptors (Lipinski definition) is 2. The van der Waals surface area contributed by atoms with Gasteiger partial charge in [0.15, 0.2) is 0 Å². The Hall–Kier alpha value is -1.61. The zero-order valence-electron chi connectivity index (χ0n) is 13.9. The van der Waals surface area contributed by atoms with Crippen molar-refractivity contribution in [1.82, 2.24) is 0 Å². The molecule has 0 heterocycles. The molecule has 1 aromatic carbocycles. The van der Waals surface area contributed by atoms with E-state index in [9.17, 15) is 0 Å². The van der Waals surface area contributed by atoms with Crippen LogP contribution in [0.25, 0.3) is 0 Å². The number of nitrogens with zero attached hydrogens (tertiary/aromatic N) is 1. The first kappa shape index (κ1) is 18.4. The summed E-state index contributed by atoms with van der Waals surface area (Å²) in [6.07, 6.45) is 9.30. The van der Waals surface area contributed by atoms with Crippen molar-refractivity contribution >= 4 is 21.6 Å². The molecule has 0 saturated carbocycles. The average Bonchev–Trinajstić information content (AvgIpc) is 2.44. The molecule has 0 atom stereocenters. The van der Waals surface area contributed by atoms with E-state index in [1.54, 1.807) is 0 Å². The second kappa shape index (κ2) is 9.42. The minimum Gasteiger partial charge on any atom is -0.402 e. The van der Waals surface area contributed by atoms with Crippen LogP contribution in [0.5, 0.6) is 0 Å². The fourth-order valence-corrected chi connectivity index (χ4v) is 2.50. The van der Waals surface area contributed by atoms with Crippen molar-refractivity contribution in [3.63, 3.8) is 0 Å². The summed E-state index contributed by atoms with van der Waals surface area (Å²) in [4.78, 5) is 4.75. The number of rotatable bonds is 6. The first-order chi connectivity index (χ1) is 10.5. The SMILES string of the molecule is CC/C=C\C=C(/C)C(=NC/C=C(\C)N)c1ccc(Br)cc1C. The van der Waals surface area contributed by atoms with Crippen molar-refractivity contribution in [3.8, 4) is 0 Å². The molecular weight excluding hydrogens is 336 g/mol. The van der Waals surface area contributed by atoms with Crippen LogP contribution in [0.4, 0.5) is 0 Å². The quantitative estimate of drug-likeness (QED) is 0.540. The normalized spacial score (nSPS) is 14.0. The maximum absolute atomic E-state index is 5.70. The summed E-state index contributed by atoms with van der Waals surface area (Å²) < 4.78 is 1.08. The van der Waals surface area contributed by atoms with Crippen LogP contribution in [0.15, 0.2) is 63.2 Å². The summed E-state index contributed by atoms with van der Waals surface area (Å²) in [6.45, 7) is 8.80. The second-order valence-corrected chi connectivity index (χ2v) is 6.20. The summed E-state index contributed by atoms with van der Waals surface area (Å²) in [7, 11) is 0. The van der Waals surface area contributed by atoms with E-state index in [1.165, 1.54) is 5.56 Å². The van der Waals surface area contributed by atoms with Crippen molar-refractivity contribution in [2.75, 3.05) is 6.54 Å². The lowest BCUT2D eigenvalue weighted by Gasteiger charge is -2.11. The van der Waals surface area contributed by atoms with Gasteiger partial charge in [0.25, 0.3) is 0 Å². The minimum atomic E-state index is 0.593. The van der Waals surface area contributed by atoms with E-state index >= 15 is 0 Å². The number of benzene rings is 1. The fraction of sp³-hybridized carbons (Fsp3) is 0.316. The molecule has 0 radical (unpaired) electrons. The van der Waals surface area contributed by atoms with Crippen LogP contribution in [0.3, 0.4) is 0 Å². The van der Waals surface area contributed by atoms with Gasteiger partial charge in [-0.05, 0) is 56.5 Å². The summed E-state index contributed by atoms with van der Waals surface area (Å²) in [5.41, 5.74) is 11.0. The first-order valence-corrected chi connectivity index (χ1v) is 8.32. The molecule has 0 aliphatic rings. The van der Waals surface area contributed by atoms with Crippen LogP contribution in [-0.2, 0) is 0 Å². The molecule has 0 spiro atoms. The smallest absolute Gasteiger partial charge is 0.0682 e. The molecule has 0 aliphatic carbocycles.